The van der Waals surface area contributed by atoms with Crippen molar-refractivity contribution in [2.45, 2.75) is 0 Å². The van der Waals surface area contributed by atoms with Gasteiger partial charge in [0.2, 0.25) is 0 Å². The highest BCUT2D eigenvalue weighted by Crippen LogP contribution is 2.16. The van der Waals surface area contributed by atoms with Gasteiger partial charge in [-0.2, -0.15) is 0 Å². The summed E-state index contributed by atoms with van der Waals surface area (Å²) in [6.45, 7) is 0. The van der Waals surface area contributed by atoms with Crippen LogP contribution in [-0.2, 0) is 0 Å². The van der Waals surface area contributed by atoms with Crippen molar-refractivity contribution in [3.05, 3.63) is 58.6 Å². The summed E-state index contributed by atoms with van der Waals surface area (Å²) in [5, 5.41) is 14.9. The third-order valence-electron chi connectivity index (χ3n) is 2.21. The molecule has 0 amide bonds. The van der Waals surface area contributed by atoms with Crippen molar-refractivity contribution in [1.82, 2.24) is 0 Å². The van der Waals surface area contributed by atoms with Crippen molar-refractivity contribution in [3.8, 4) is 0 Å². The van der Waals surface area contributed by atoms with Crippen molar-refractivity contribution < 1.29 is 0 Å². The number of rotatable bonds is 2. The van der Waals surface area contributed by atoms with E-state index in [9.17, 15) is 0 Å². The van der Waals surface area contributed by atoms with E-state index in [0.717, 1.165) is 11.4 Å². The molecule has 3 N–H and O–H groups in total. The first-order valence-electron chi connectivity index (χ1n) is 5.27. The van der Waals surface area contributed by atoms with Crippen molar-refractivity contribution in [2.24, 2.45) is 0 Å². The molecular formula is C13H11Cl2N3. The summed E-state index contributed by atoms with van der Waals surface area (Å²) in [7, 11) is 0. The summed E-state index contributed by atoms with van der Waals surface area (Å²) in [5.74, 6) is 0.166. The maximum Gasteiger partial charge on any atom is 0.197 e. The molecule has 0 unspecified atom stereocenters. The van der Waals surface area contributed by atoms with Gasteiger partial charge in [0, 0.05) is 21.4 Å². The standard InChI is InChI=1S/C13H11Cl2N3/c14-9-4-6-11(7-5-9)17-13(16)18-12-3-1-2-10(15)8-12/h1-8H,(H3,16,17,18). The molecule has 0 radical (unpaired) electrons. The molecular weight excluding hydrogens is 269 g/mol. The van der Waals surface area contributed by atoms with Crippen LogP contribution in [-0.4, -0.2) is 5.96 Å². The molecule has 18 heavy (non-hydrogen) atoms. The summed E-state index contributed by atoms with van der Waals surface area (Å²) in [5.41, 5.74) is 1.55. The second-order valence-electron chi connectivity index (χ2n) is 3.64. The lowest BCUT2D eigenvalue weighted by molar-refractivity contribution is 1.43. The molecule has 0 saturated carbocycles. The summed E-state index contributed by atoms with van der Waals surface area (Å²) < 4.78 is 0. The van der Waals surface area contributed by atoms with Crippen LogP contribution < -0.4 is 10.6 Å². The first-order valence-corrected chi connectivity index (χ1v) is 6.03. The van der Waals surface area contributed by atoms with Gasteiger partial charge < -0.3 is 10.6 Å². The number of benzene rings is 2. The van der Waals surface area contributed by atoms with Gasteiger partial charge in [-0.25, -0.2) is 0 Å². The molecule has 0 aliphatic rings. The molecule has 0 bridgehead atoms. The number of anilines is 2. The van der Waals surface area contributed by atoms with Crippen molar-refractivity contribution in [3.63, 3.8) is 0 Å². The molecule has 0 aliphatic heterocycles. The van der Waals surface area contributed by atoms with Gasteiger partial charge in [-0.3, -0.25) is 5.41 Å². The minimum atomic E-state index is 0.166. The Bertz CT molecular complexity index is 552. The Kier molecular flexibility index (Phi) is 4.07. The van der Waals surface area contributed by atoms with Gasteiger partial charge in [0.05, 0.1) is 0 Å². The Hall–Kier alpha value is -1.71. The maximum absolute atomic E-state index is 7.79. The lowest BCUT2D eigenvalue weighted by Crippen LogP contribution is -2.20. The van der Waals surface area contributed by atoms with Crippen molar-refractivity contribution >= 4 is 40.5 Å². The molecule has 2 rings (SSSR count). The van der Waals surface area contributed by atoms with E-state index in [0.29, 0.717) is 10.0 Å². The third-order valence-corrected chi connectivity index (χ3v) is 2.69. The van der Waals surface area contributed by atoms with E-state index in [-0.39, 0.29) is 5.96 Å². The lowest BCUT2D eigenvalue weighted by Gasteiger charge is -2.10. The highest BCUT2D eigenvalue weighted by molar-refractivity contribution is 6.31. The van der Waals surface area contributed by atoms with E-state index in [1.807, 2.05) is 12.1 Å². The van der Waals surface area contributed by atoms with Gasteiger partial charge in [-0.1, -0.05) is 29.3 Å². The van der Waals surface area contributed by atoms with E-state index in [4.69, 9.17) is 28.6 Å². The highest BCUT2D eigenvalue weighted by Gasteiger charge is 1.99. The quantitative estimate of drug-likeness (QED) is 0.562. The van der Waals surface area contributed by atoms with Crippen LogP contribution in [0, 0.1) is 5.41 Å². The average molecular weight is 280 g/mol. The Balaban J connectivity index is 1.98. The van der Waals surface area contributed by atoms with Gasteiger partial charge in [0.15, 0.2) is 5.96 Å². The molecule has 0 aromatic heterocycles. The number of halogens is 2. The summed E-state index contributed by atoms with van der Waals surface area (Å²) in [4.78, 5) is 0. The van der Waals surface area contributed by atoms with Crippen LogP contribution in [0.2, 0.25) is 10.0 Å². The minimum absolute atomic E-state index is 0.166. The molecule has 0 heterocycles. The third kappa shape index (κ3) is 3.65. The van der Waals surface area contributed by atoms with Gasteiger partial charge in [0.1, 0.15) is 0 Å². The first kappa shape index (κ1) is 12.7. The minimum Gasteiger partial charge on any atom is -0.326 e. The molecule has 0 spiro atoms. The molecule has 5 heteroatoms. The van der Waals surface area contributed by atoms with Crippen LogP contribution in [0.1, 0.15) is 0 Å². The molecule has 2 aromatic carbocycles. The molecule has 0 saturated heterocycles. The molecule has 92 valence electrons. The fourth-order valence-electron chi connectivity index (χ4n) is 1.42. The zero-order valence-electron chi connectivity index (χ0n) is 9.37. The number of hydrogen-bond acceptors (Lipinski definition) is 1. The molecule has 0 aliphatic carbocycles. The monoisotopic (exact) mass is 279 g/mol. The van der Waals surface area contributed by atoms with Crippen LogP contribution in [0.15, 0.2) is 48.5 Å². The number of nitrogens with one attached hydrogen (secondary N) is 3. The van der Waals surface area contributed by atoms with Crippen LogP contribution in [0.25, 0.3) is 0 Å². The van der Waals surface area contributed by atoms with E-state index in [2.05, 4.69) is 10.6 Å². The summed E-state index contributed by atoms with van der Waals surface area (Å²) >= 11 is 11.6. The van der Waals surface area contributed by atoms with Gasteiger partial charge >= 0.3 is 0 Å². The number of guanidine groups is 1. The van der Waals surface area contributed by atoms with Crippen LogP contribution >= 0.6 is 23.2 Å². The van der Waals surface area contributed by atoms with Crippen LogP contribution in [0.3, 0.4) is 0 Å². The van der Waals surface area contributed by atoms with Crippen molar-refractivity contribution in [1.29, 1.82) is 5.41 Å². The average Bonchev–Trinajstić information content (AvgIpc) is 2.32. The van der Waals surface area contributed by atoms with Crippen LogP contribution in [0.5, 0.6) is 0 Å². The molecule has 0 fully saturated rings. The highest BCUT2D eigenvalue weighted by atomic mass is 35.5. The van der Waals surface area contributed by atoms with Gasteiger partial charge in [-0.05, 0) is 42.5 Å². The van der Waals surface area contributed by atoms with Crippen LogP contribution in [0.4, 0.5) is 11.4 Å². The zero-order chi connectivity index (χ0) is 13.0. The molecule has 0 atom stereocenters. The topological polar surface area (TPSA) is 47.9 Å². The Morgan fingerprint density at radius 3 is 2.17 bits per heavy atom. The largest absolute Gasteiger partial charge is 0.326 e. The van der Waals surface area contributed by atoms with E-state index < -0.39 is 0 Å². The second kappa shape index (κ2) is 5.76. The first-order chi connectivity index (χ1) is 8.63. The maximum atomic E-state index is 7.79. The summed E-state index contributed by atoms with van der Waals surface area (Å²) in [6, 6.07) is 14.3. The Morgan fingerprint density at radius 2 is 1.50 bits per heavy atom. The van der Waals surface area contributed by atoms with Crippen molar-refractivity contribution in [2.75, 3.05) is 10.6 Å². The zero-order valence-corrected chi connectivity index (χ0v) is 10.9. The predicted molar refractivity (Wildman–Crippen MR) is 77.9 cm³/mol. The van der Waals surface area contributed by atoms with E-state index in [1.165, 1.54) is 0 Å². The summed E-state index contributed by atoms with van der Waals surface area (Å²) in [6.07, 6.45) is 0. The molecule has 2 aromatic rings. The van der Waals surface area contributed by atoms with E-state index in [1.54, 1.807) is 36.4 Å². The fraction of sp³-hybridized carbons (Fsp3) is 0. The second-order valence-corrected chi connectivity index (χ2v) is 4.52. The molecule has 3 nitrogen and oxygen atoms in total. The lowest BCUT2D eigenvalue weighted by atomic mass is 10.3. The Labute approximate surface area is 115 Å². The number of hydrogen-bond donors (Lipinski definition) is 3. The fourth-order valence-corrected chi connectivity index (χ4v) is 1.74. The van der Waals surface area contributed by atoms with E-state index >= 15 is 0 Å². The Morgan fingerprint density at radius 1 is 0.833 bits per heavy atom. The SMILES string of the molecule is N=C(Nc1ccc(Cl)cc1)Nc1cccc(Cl)c1. The normalized spacial score (nSPS) is 9.89. The van der Waals surface area contributed by atoms with Gasteiger partial charge in [0.25, 0.3) is 0 Å². The smallest absolute Gasteiger partial charge is 0.197 e. The van der Waals surface area contributed by atoms with Gasteiger partial charge in [-0.15, -0.1) is 0 Å². The predicted octanol–water partition coefficient (Wildman–Crippen LogP) is 4.45.